The molecule has 0 fully saturated rings. The van der Waals surface area contributed by atoms with Crippen molar-refractivity contribution in [3.63, 3.8) is 0 Å². The van der Waals surface area contributed by atoms with Crippen LogP contribution in [0.2, 0.25) is 10.0 Å². The second-order valence-corrected chi connectivity index (χ2v) is 11.0. The highest BCUT2D eigenvalue weighted by Crippen LogP contribution is 2.30. The van der Waals surface area contributed by atoms with E-state index in [0.29, 0.717) is 46.7 Å². The molecule has 13 heteroatoms. The minimum atomic E-state index is -0.356. The summed E-state index contributed by atoms with van der Waals surface area (Å²) in [6.07, 6.45) is 1.15. The van der Waals surface area contributed by atoms with E-state index in [4.69, 9.17) is 27.9 Å². The maximum atomic E-state index is 13.4. The van der Waals surface area contributed by atoms with Crippen molar-refractivity contribution < 1.29 is 19.4 Å². The first-order valence-corrected chi connectivity index (χ1v) is 13.7. The number of ether oxygens (including phenoxy) is 1. The molecule has 40 heavy (non-hydrogen) atoms. The lowest BCUT2D eigenvalue weighted by Gasteiger charge is -2.34. The minimum absolute atomic E-state index is 0.0455. The van der Waals surface area contributed by atoms with Gasteiger partial charge >= 0.3 is 0 Å². The number of nitrogens with one attached hydrogen (secondary N) is 1. The number of carbonyl (C=O) groups excluding carboxylic acids is 2. The lowest BCUT2D eigenvalue weighted by molar-refractivity contribution is -0.134. The van der Waals surface area contributed by atoms with Crippen LogP contribution in [0.4, 0.5) is 5.69 Å². The van der Waals surface area contributed by atoms with Crippen LogP contribution in [0.15, 0.2) is 42.7 Å². The van der Waals surface area contributed by atoms with Crippen molar-refractivity contribution in [3.8, 4) is 5.75 Å². The van der Waals surface area contributed by atoms with Gasteiger partial charge in [-0.15, -0.1) is 5.10 Å². The molecular formula is C27H33Cl2N7O4. The van der Waals surface area contributed by atoms with Gasteiger partial charge in [0.25, 0.3) is 0 Å². The van der Waals surface area contributed by atoms with E-state index >= 15 is 0 Å². The molecule has 2 N–H and O–H groups in total. The molecule has 2 heterocycles. The molecule has 0 spiro atoms. The van der Waals surface area contributed by atoms with Gasteiger partial charge in [-0.1, -0.05) is 36.2 Å². The molecular weight excluding hydrogens is 557 g/mol. The molecule has 0 aliphatic carbocycles. The van der Waals surface area contributed by atoms with Crippen molar-refractivity contribution in [1.82, 2.24) is 30.0 Å². The van der Waals surface area contributed by atoms with E-state index in [1.165, 1.54) is 11.0 Å². The van der Waals surface area contributed by atoms with Crippen LogP contribution in [0.1, 0.15) is 25.0 Å². The largest absolute Gasteiger partial charge is 0.488 e. The fraction of sp³-hybridized carbons (Fsp3) is 0.444. The fourth-order valence-corrected chi connectivity index (χ4v) is 4.97. The predicted octanol–water partition coefficient (Wildman–Crippen LogP) is 2.90. The second kappa shape index (κ2) is 13.4. The Morgan fingerprint density at radius 2 is 2.05 bits per heavy atom. The van der Waals surface area contributed by atoms with Gasteiger partial charge in [0.05, 0.1) is 29.1 Å². The van der Waals surface area contributed by atoms with Crippen LogP contribution in [0.5, 0.6) is 5.75 Å². The number of aliphatic hydroxyl groups is 1. The average molecular weight is 591 g/mol. The highest BCUT2D eigenvalue weighted by molar-refractivity contribution is 6.42. The Morgan fingerprint density at radius 3 is 2.75 bits per heavy atom. The van der Waals surface area contributed by atoms with Crippen LogP contribution in [0.3, 0.4) is 0 Å². The molecule has 1 aliphatic heterocycles. The standard InChI is InChI=1S/C27H33Cl2N7O4/c1-17-11-36(18(2)15-37)27(39)10-20-9-21(31-26(38)14-35-16-30-32-33-35)5-7-24(20)40-25(17)13-34(3)12-19-4-6-22(28)23(29)8-19/h4-9,16-18,25,37H,10-15H2,1-3H3,(H,31,38)/t17-,18+,25-/m0/s1. The van der Waals surface area contributed by atoms with Gasteiger partial charge in [0.1, 0.15) is 24.7 Å². The van der Waals surface area contributed by atoms with Crippen molar-refractivity contribution in [2.45, 2.75) is 45.5 Å². The number of hydrogen-bond acceptors (Lipinski definition) is 8. The normalized spacial score (nSPS) is 18.4. The summed E-state index contributed by atoms with van der Waals surface area (Å²) < 4.78 is 7.88. The summed E-state index contributed by atoms with van der Waals surface area (Å²) in [5.74, 6) is 0.0923. The first-order valence-electron chi connectivity index (χ1n) is 13.0. The van der Waals surface area contributed by atoms with Gasteiger partial charge in [0.15, 0.2) is 0 Å². The summed E-state index contributed by atoms with van der Waals surface area (Å²) >= 11 is 12.3. The van der Waals surface area contributed by atoms with E-state index in [0.717, 1.165) is 5.56 Å². The number of aliphatic hydroxyl groups excluding tert-OH is 1. The summed E-state index contributed by atoms with van der Waals surface area (Å²) in [7, 11) is 1.99. The SMILES string of the molecule is C[C@H](CO)N1C[C@H](C)[C@H](CN(C)Cc2ccc(Cl)c(Cl)c2)Oc2ccc(NC(=O)Cn3cnnn3)cc2CC1=O. The van der Waals surface area contributed by atoms with Crippen molar-refractivity contribution in [1.29, 1.82) is 0 Å². The molecule has 0 saturated heterocycles. The van der Waals surface area contributed by atoms with Crippen LogP contribution in [-0.2, 0) is 29.1 Å². The smallest absolute Gasteiger partial charge is 0.246 e. The van der Waals surface area contributed by atoms with Gasteiger partial charge in [0.2, 0.25) is 11.8 Å². The van der Waals surface area contributed by atoms with Gasteiger partial charge in [-0.05, 0) is 60.3 Å². The van der Waals surface area contributed by atoms with Crippen LogP contribution < -0.4 is 10.1 Å². The molecule has 0 unspecified atom stereocenters. The average Bonchev–Trinajstić information content (AvgIpc) is 3.43. The molecule has 0 bridgehead atoms. The van der Waals surface area contributed by atoms with Crippen LogP contribution >= 0.6 is 23.2 Å². The number of fused-ring (bicyclic) bond motifs is 1. The fourth-order valence-electron chi connectivity index (χ4n) is 4.65. The summed E-state index contributed by atoms with van der Waals surface area (Å²) in [5.41, 5.74) is 2.18. The topological polar surface area (TPSA) is 126 Å². The number of rotatable bonds is 9. The molecule has 3 atom stereocenters. The first kappa shape index (κ1) is 29.7. The molecule has 4 rings (SSSR count). The number of tetrazole rings is 1. The number of carbonyl (C=O) groups is 2. The number of aromatic nitrogens is 4. The van der Waals surface area contributed by atoms with Gasteiger partial charge in [-0.25, -0.2) is 4.68 Å². The number of nitrogens with zero attached hydrogens (tertiary/aromatic N) is 6. The number of likely N-dealkylation sites (N-methyl/N-ethyl adjacent to an activating group) is 1. The van der Waals surface area contributed by atoms with E-state index in [9.17, 15) is 14.7 Å². The van der Waals surface area contributed by atoms with E-state index in [1.54, 1.807) is 29.2 Å². The zero-order valence-electron chi connectivity index (χ0n) is 22.6. The number of halogens is 2. The number of anilines is 1. The van der Waals surface area contributed by atoms with Gasteiger partial charge in [0, 0.05) is 36.8 Å². The number of amides is 2. The predicted molar refractivity (Wildman–Crippen MR) is 151 cm³/mol. The van der Waals surface area contributed by atoms with Gasteiger partial charge in [-0.2, -0.15) is 0 Å². The zero-order valence-corrected chi connectivity index (χ0v) is 24.1. The monoisotopic (exact) mass is 589 g/mol. The molecule has 0 radical (unpaired) electrons. The number of benzene rings is 2. The van der Waals surface area contributed by atoms with Gasteiger partial charge < -0.3 is 20.1 Å². The van der Waals surface area contributed by atoms with E-state index in [-0.39, 0.29) is 49.5 Å². The quantitative estimate of drug-likeness (QED) is 0.390. The Balaban J connectivity index is 1.56. The first-order chi connectivity index (χ1) is 19.1. The maximum absolute atomic E-state index is 13.4. The zero-order chi connectivity index (χ0) is 28.8. The highest BCUT2D eigenvalue weighted by Gasteiger charge is 2.31. The summed E-state index contributed by atoms with van der Waals surface area (Å²) in [5, 5.41) is 24.5. The van der Waals surface area contributed by atoms with Crippen molar-refractivity contribution in [2.75, 3.05) is 32.1 Å². The third kappa shape index (κ3) is 7.69. The lowest BCUT2D eigenvalue weighted by atomic mass is 10.0. The van der Waals surface area contributed by atoms with E-state index in [1.807, 2.05) is 33.0 Å². The Hall–Kier alpha value is -3.25. The second-order valence-electron chi connectivity index (χ2n) is 10.2. The summed E-state index contributed by atoms with van der Waals surface area (Å²) in [4.78, 5) is 29.7. The van der Waals surface area contributed by atoms with Crippen LogP contribution in [0.25, 0.3) is 0 Å². The third-order valence-corrected chi connectivity index (χ3v) is 7.56. The molecule has 2 aromatic carbocycles. The molecule has 0 saturated carbocycles. The molecule has 2 amide bonds. The van der Waals surface area contributed by atoms with Crippen LogP contribution in [0, 0.1) is 5.92 Å². The minimum Gasteiger partial charge on any atom is -0.488 e. The molecule has 11 nitrogen and oxygen atoms in total. The lowest BCUT2D eigenvalue weighted by Crippen LogP contribution is -2.47. The molecule has 1 aliphatic rings. The maximum Gasteiger partial charge on any atom is 0.246 e. The molecule has 1 aromatic heterocycles. The van der Waals surface area contributed by atoms with Crippen molar-refractivity contribution in [2.24, 2.45) is 5.92 Å². The Bertz CT molecular complexity index is 1320. The highest BCUT2D eigenvalue weighted by atomic mass is 35.5. The Kier molecular flexibility index (Phi) is 9.96. The van der Waals surface area contributed by atoms with Gasteiger partial charge in [-0.3, -0.25) is 14.5 Å². The van der Waals surface area contributed by atoms with E-state index in [2.05, 4.69) is 25.7 Å². The molecule has 214 valence electrons. The summed E-state index contributed by atoms with van der Waals surface area (Å²) in [6.45, 7) is 5.29. The summed E-state index contributed by atoms with van der Waals surface area (Å²) in [6, 6.07) is 10.5. The Morgan fingerprint density at radius 1 is 1.25 bits per heavy atom. The third-order valence-electron chi connectivity index (χ3n) is 6.83. The molecule has 3 aromatic rings. The number of hydrogen-bond donors (Lipinski definition) is 2. The van der Waals surface area contributed by atoms with Crippen molar-refractivity contribution >= 4 is 40.7 Å². The van der Waals surface area contributed by atoms with Crippen molar-refractivity contribution in [3.05, 3.63) is 63.9 Å². The Labute approximate surface area is 243 Å². The van der Waals surface area contributed by atoms with Crippen LogP contribution in [-0.4, -0.2) is 85.8 Å². The van der Waals surface area contributed by atoms with E-state index < -0.39 is 0 Å².